The molecule has 0 saturated carbocycles. The first-order valence-corrected chi connectivity index (χ1v) is 4.13. The second-order valence-electron chi connectivity index (χ2n) is 2.01. The van der Waals surface area contributed by atoms with Gasteiger partial charge in [0, 0.05) is 9.38 Å². The molecule has 0 unspecified atom stereocenters. The van der Waals surface area contributed by atoms with Gasteiger partial charge in [-0.1, -0.05) is 32.6 Å². The van der Waals surface area contributed by atoms with Crippen LogP contribution in [0.5, 0.6) is 0 Å². The Balaban J connectivity index is 3.52. The van der Waals surface area contributed by atoms with Crippen molar-refractivity contribution in [3.05, 3.63) is 37.6 Å². The first-order valence-electron chi connectivity index (χ1n) is 2.96. The molecular weight excluding hydrogens is 267 g/mol. The van der Waals surface area contributed by atoms with Gasteiger partial charge >= 0.3 is 0 Å². The van der Waals surface area contributed by atoms with E-state index in [0.29, 0.717) is 0 Å². The Morgan fingerprint density at radius 3 is 2.69 bits per heavy atom. The Kier molecular flexibility index (Phi) is 3.08. The standard InChI is InChI=1S/C6HBrClF2N3/c7-2-1-3(9)5(10)4(8)6(2)12-13-11/h1H. The van der Waals surface area contributed by atoms with E-state index in [0.717, 1.165) is 6.07 Å². The number of hydrogen-bond donors (Lipinski definition) is 0. The normalized spacial score (nSPS) is 9.54. The summed E-state index contributed by atoms with van der Waals surface area (Å²) in [5, 5.41) is 2.57. The zero-order valence-corrected chi connectivity index (χ0v) is 8.27. The molecule has 0 aromatic heterocycles. The predicted octanol–water partition coefficient (Wildman–Crippen LogP) is 4.32. The van der Waals surface area contributed by atoms with Crippen molar-refractivity contribution in [3.63, 3.8) is 0 Å². The largest absolute Gasteiger partial charge is 0.204 e. The minimum Gasteiger partial charge on any atom is -0.204 e. The number of benzene rings is 1. The molecule has 7 heteroatoms. The summed E-state index contributed by atoms with van der Waals surface area (Å²) >= 11 is 8.25. The van der Waals surface area contributed by atoms with Gasteiger partial charge < -0.3 is 0 Å². The summed E-state index contributed by atoms with van der Waals surface area (Å²) in [7, 11) is 0. The lowest BCUT2D eigenvalue weighted by atomic mass is 10.3. The van der Waals surface area contributed by atoms with Crippen molar-refractivity contribution in [1.82, 2.24) is 0 Å². The maximum absolute atomic E-state index is 12.8. The maximum Gasteiger partial charge on any atom is 0.177 e. The summed E-state index contributed by atoms with van der Waals surface area (Å²) < 4.78 is 25.5. The molecule has 1 aromatic carbocycles. The third-order valence-corrected chi connectivity index (χ3v) is 2.18. The summed E-state index contributed by atoms with van der Waals surface area (Å²) in [5.74, 6) is -2.33. The van der Waals surface area contributed by atoms with Crippen LogP contribution in [-0.2, 0) is 0 Å². The zero-order valence-electron chi connectivity index (χ0n) is 5.93. The van der Waals surface area contributed by atoms with Gasteiger partial charge in [0.1, 0.15) is 0 Å². The van der Waals surface area contributed by atoms with Crippen molar-refractivity contribution >= 4 is 33.2 Å². The van der Waals surface area contributed by atoms with Crippen LogP contribution in [0.2, 0.25) is 5.02 Å². The van der Waals surface area contributed by atoms with Crippen LogP contribution in [0.4, 0.5) is 14.5 Å². The molecule has 0 heterocycles. The van der Waals surface area contributed by atoms with Gasteiger partial charge in [0.15, 0.2) is 11.6 Å². The van der Waals surface area contributed by atoms with E-state index in [4.69, 9.17) is 17.1 Å². The van der Waals surface area contributed by atoms with E-state index in [2.05, 4.69) is 26.0 Å². The van der Waals surface area contributed by atoms with E-state index < -0.39 is 16.7 Å². The molecule has 0 amide bonds. The number of rotatable bonds is 1. The number of nitrogens with zero attached hydrogens (tertiary/aromatic N) is 3. The molecule has 1 aromatic rings. The molecule has 0 aliphatic heterocycles. The monoisotopic (exact) mass is 267 g/mol. The van der Waals surface area contributed by atoms with Gasteiger partial charge in [0.05, 0.1) is 10.7 Å². The number of azide groups is 1. The lowest BCUT2D eigenvalue weighted by Gasteiger charge is -2.02. The first-order chi connectivity index (χ1) is 6.07. The lowest BCUT2D eigenvalue weighted by Crippen LogP contribution is -1.86. The number of hydrogen-bond acceptors (Lipinski definition) is 1. The molecule has 0 aliphatic carbocycles. The minimum atomic E-state index is -1.23. The summed E-state index contributed by atoms with van der Waals surface area (Å²) in [6, 6.07) is 0.839. The molecule has 0 saturated heterocycles. The molecule has 0 aliphatic rings. The highest BCUT2D eigenvalue weighted by Gasteiger charge is 2.14. The van der Waals surface area contributed by atoms with Crippen molar-refractivity contribution in [3.8, 4) is 0 Å². The molecule has 0 atom stereocenters. The van der Waals surface area contributed by atoms with E-state index in [1.807, 2.05) is 0 Å². The van der Waals surface area contributed by atoms with E-state index >= 15 is 0 Å². The van der Waals surface area contributed by atoms with Crippen LogP contribution in [0.15, 0.2) is 15.7 Å². The van der Waals surface area contributed by atoms with E-state index in [9.17, 15) is 8.78 Å². The highest BCUT2D eigenvalue weighted by molar-refractivity contribution is 9.10. The number of halogens is 4. The quantitative estimate of drug-likeness (QED) is 0.239. The molecule has 68 valence electrons. The van der Waals surface area contributed by atoms with Crippen molar-refractivity contribution in [2.24, 2.45) is 5.11 Å². The zero-order chi connectivity index (χ0) is 10.0. The van der Waals surface area contributed by atoms with Crippen LogP contribution < -0.4 is 0 Å². The molecular formula is C6HBrClF2N3. The molecule has 0 bridgehead atoms. The van der Waals surface area contributed by atoms with Gasteiger partial charge in [-0.15, -0.1) is 0 Å². The molecule has 3 nitrogen and oxygen atoms in total. The van der Waals surface area contributed by atoms with Gasteiger partial charge in [-0.3, -0.25) is 0 Å². The summed E-state index contributed by atoms with van der Waals surface area (Å²) in [6.07, 6.45) is 0. The Morgan fingerprint density at radius 2 is 2.15 bits per heavy atom. The lowest BCUT2D eigenvalue weighted by molar-refractivity contribution is 0.508. The van der Waals surface area contributed by atoms with Gasteiger partial charge in [0.25, 0.3) is 0 Å². The van der Waals surface area contributed by atoms with Crippen molar-refractivity contribution < 1.29 is 8.78 Å². The highest BCUT2D eigenvalue weighted by Crippen LogP contribution is 2.36. The summed E-state index contributed by atoms with van der Waals surface area (Å²) in [6.45, 7) is 0. The molecule has 0 radical (unpaired) electrons. The van der Waals surface area contributed by atoms with Crippen molar-refractivity contribution in [2.45, 2.75) is 0 Å². The molecule has 1 rings (SSSR count). The smallest absolute Gasteiger partial charge is 0.177 e. The second-order valence-corrected chi connectivity index (χ2v) is 3.24. The van der Waals surface area contributed by atoms with Crippen molar-refractivity contribution in [1.29, 1.82) is 0 Å². The van der Waals surface area contributed by atoms with Crippen LogP contribution in [0.25, 0.3) is 10.4 Å². The van der Waals surface area contributed by atoms with Crippen LogP contribution in [0, 0.1) is 11.6 Å². The fraction of sp³-hybridized carbons (Fsp3) is 0. The fourth-order valence-corrected chi connectivity index (χ4v) is 1.52. The van der Waals surface area contributed by atoms with Crippen LogP contribution in [0.3, 0.4) is 0 Å². The summed E-state index contributed by atoms with van der Waals surface area (Å²) in [5.41, 5.74) is 7.93. The molecule has 0 fully saturated rings. The van der Waals surface area contributed by atoms with E-state index in [1.165, 1.54) is 0 Å². The van der Waals surface area contributed by atoms with Crippen LogP contribution in [0.1, 0.15) is 0 Å². The van der Waals surface area contributed by atoms with Gasteiger partial charge in [-0.25, -0.2) is 8.78 Å². The average molecular weight is 268 g/mol. The third-order valence-electron chi connectivity index (χ3n) is 1.23. The van der Waals surface area contributed by atoms with Crippen LogP contribution in [-0.4, -0.2) is 0 Å². The Morgan fingerprint density at radius 1 is 1.54 bits per heavy atom. The van der Waals surface area contributed by atoms with E-state index in [-0.39, 0.29) is 10.2 Å². The third kappa shape index (κ3) is 1.91. The fourth-order valence-electron chi connectivity index (χ4n) is 0.693. The Hall–Kier alpha value is -0.840. The summed E-state index contributed by atoms with van der Waals surface area (Å²) in [4.78, 5) is 2.42. The SMILES string of the molecule is [N-]=[N+]=Nc1c(Br)cc(F)c(F)c1Cl. The molecule has 0 spiro atoms. The minimum absolute atomic E-state index is 0.106. The molecule has 0 N–H and O–H groups in total. The average Bonchev–Trinajstić information content (AvgIpc) is 2.09. The van der Waals surface area contributed by atoms with E-state index in [1.54, 1.807) is 0 Å². The topological polar surface area (TPSA) is 48.8 Å². The predicted molar refractivity (Wildman–Crippen MR) is 47.9 cm³/mol. The maximum atomic E-state index is 12.8. The first kappa shape index (κ1) is 10.2. The van der Waals surface area contributed by atoms with Gasteiger partial charge in [-0.05, 0) is 11.6 Å². The highest BCUT2D eigenvalue weighted by atomic mass is 79.9. The Bertz CT molecular complexity index is 403. The van der Waals surface area contributed by atoms with Gasteiger partial charge in [0.2, 0.25) is 0 Å². The Labute approximate surface area is 85.1 Å². The molecule has 13 heavy (non-hydrogen) atoms. The second kappa shape index (κ2) is 3.91. The van der Waals surface area contributed by atoms with Crippen LogP contribution >= 0.6 is 27.5 Å². The van der Waals surface area contributed by atoms with Gasteiger partial charge in [-0.2, -0.15) is 0 Å². The van der Waals surface area contributed by atoms with Crippen molar-refractivity contribution in [2.75, 3.05) is 0 Å².